The van der Waals surface area contributed by atoms with Gasteiger partial charge in [-0.2, -0.15) is 0 Å². The number of fused-ring (bicyclic) bond motifs is 8. The average Bonchev–Trinajstić information content (AvgIpc) is 3.85. The molecule has 0 N–H and O–H groups in total. The zero-order valence-electron chi connectivity index (χ0n) is 38.0. The van der Waals surface area contributed by atoms with Crippen LogP contribution < -0.4 is 9.80 Å². The topological polar surface area (TPSA) is 32.8 Å². The van der Waals surface area contributed by atoms with Crippen molar-refractivity contribution in [2.24, 2.45) is 0 Å². The van der Waals surface area contributed by atoms with Gasteiger partial charge in [0.2, 0.25) is 0 Å². The standard InChI is InChI=1S/C62H48N2O2/c1-37-20-26-56(41(5)28-37)63(54-18-12-10-14-39(54)3)48-24-22-44-32-50-52-36-53-51-33-45-23-25-49(64(55-19-13-11-15-40(55)4)57-27-21-38(2)29-42(57)6)31-47(45)35-59(51)66-62(53)60(43-16-8-7-9-17-43)61(52)65-58(50)34-46(44)30-48/h7-36H,1-6H3. The highest BCUT2D eigenvalue weighted by Crippen LogP contribution is 2.47. The number of furan rings is 2. The lowest BCUT2D eigenvalue weighted by molar-refractivity contribution is 0.658. The molecule has 0 bridgehead atoms. The van der Waals surface area contributed by atoms with E-state index in [1.54, 1.807) is 0 Å². The van der Waals surface area contributed by atoms with Crippen LogP contribution in [0.2, 0.25) is 0 Å². The number of benzene rings is 10. The van der Waals surface area contributed by atoms with Crippen molar-refractivity contribution in [1.29, 1.82) is 0 Å². The van der Waals surface area contributed by atoms with Gasteiger partial charge in [-0.1, -0.05) is 114 Å². The molecule has 12 rings (SSSR count). The van der Waals surface area contributed by atoms with Crippen molar-refractivity contribution in [3.8, 4) is 11.1 Å². The number of nitrogens with zero attached hydrogens (tertiary/aromatic N) is 2. The van der Waals surface area contributed by atoms with Gasteiger partial charge in [0, 0.05) is 55.7 Å². The Bertz CT molecular complexity index is 3680. The molecule has 0 saturated carbocycles. The minimum absolute atomic E-state index is 0.823. The molecular formula is C62H48N2O2. The fourth-order valence-electron chi connectivity index (χ4n) is 10.3. The summed E-state index contributed by atoms with van der Waals surface area (Å²) in [4.78, 5) is 4.77. The molecule has 0 saturated heterocycles. The summed E-state index contributed by atoms with van der Waals surface area (Å²) >= 11 is 0. The average molecular weight is 853 g/mol. The van der Waals surface area contributed by atoms with Crippen LogP contribution in [0.1, 0.15) is 33.4 Å². The largest absolute Gasteiger partial charge is 0.455 e. The van der Waals surface area contributed by atoms with Gasteiger partial charge in [0.15, 0.2) is 0 Å². The van der Waals surface area contributed by atoms with E-state index >= 15 is 0 Å². The summed E-state index contributed by atoms with van der Waals surface area (Å²) in [5, 5.41) is 8.83. The van der Waals surface area contributed by atoms with Crippen LogP contribution in [0, 0.1) is 41.5 Å². The van der Waals surface area contributed by atoms with Gasteiger partial charge in [0.1, 0.15) is 22.3 Å². The van der Waals surface area contributed by atoms with Crippen LogP contribution in [-0.4, -0.2) is 0 Å². The molecule has 0 aliphatic heterocycles. The van der Waals surface area contributed by atoms with E-state index in [1.807, 2.05) is 0 Å². The minimum atomic E-state index is 0.823. The molecule has 0 atom stereocenters. The molecule has 4 nitrogen and oxygen atoms in total. The summed E-state index contributed by atoms with van der Waals surface area (Å²) in [6.07, 6.45) is 0. The molecular weight excluding hydrogens is 805 g/mol. The van der Waals surface area contributed by atoms with Gasteiger partial charge in [0.25, 0.3) is 0 Å². The lowest BCUT2D eigenvalue weighted by Gasteiger charge is -2.29. The maximum Gasteiger partial charge on any atom is 0.147 e. The molecule has 0 radical (unpaired) electrons. The fourth-order valence-corrected chi connectivity index (χ4v) is 10.3. The van der Waals surface area contributed by atoms with E-state index in [1.165, 1.54) is 33.4 Å². The lowest BCUT2D eigenvalue weighted by atomic mass is 9.97. The van der Waals surface area contributed by atoms with E-state index in [2.05, 4.69) is 233 Å². The van der Waals surface area contributed by atoms with Crippen LogP contribution in [0.5, 0.6) is 0 Å². The van der Waals surface area contributed by atoms with Gasteiger partial charge in [-0.3, -0.25) is 0 Å². The van der Waals surface area contributed by atoms with Gasteiger partial charge in [-0.15, -0.1) is 0 Å². The summed E-state index contributed by atoms with van der Waals surface area (Å²) in [7, 11) is 0. The van der Waals surface area contributed by atoms with Crippen molar-refractivity contribution in [2.45, 2.75) is 41.5 Å². The maximum absolute atomic E-state index is 7.02. The Hall–Kier alpha value is -8.08. The van der Waals surface area contributed by atoms with E-state index in [-0.39, 0.29) is 0 Å². The predicted molar refractivity (Wildman–Crippen MR) is 279 cm³/mol. The van der Waals surface area contributed by atoms with E-state index < -0.39 is 0 Å². The first-order valence-corrected chi connectivity index (χ1v) is 22.8. The second-order valence-corrected chi connectivity index (χ2v) is 18.2. The molecule has 10 aromatic carbocycles. The summed E-state index contributed by atoms with van der Waals surface area (Å²) in [5.74, 6) is 0. The third-order valence-electron chi connectivity index (χ3n) is 13.6. The zero-order valence-corrected chi connectivity index (χ0v) is 38.0. The van der Waals surface area contributed by atoms with Crippen LogP contribution in [0.3, 0.4) is 0 Å². The van der Waals surface area contributed by atoms with Crippen molar-refractivity contribution < 1.29 is 8.83 Å². The van der Waals surface area contributed by atoms with E-state index in [0.29, 0.717) is 0 Å². The van der Waals surface area contributed by atoms with Crippen LogP contribution in [0.4, 0.5) is 34.1 Å². The molecule has 0 fully saturated rings. The van der Waals surface area contributed by atoms with Crippen molar-refractivity contribution in [3.05, 3.63) is 215 Å². The number of para-hydroxylation sites is 2. The first kappa shape index (κ1) is 39.5. The third kappa shape index (κ3) is 6.43. The predicted octanol–water partition coefficient (Wildman–Crippen LogP) is 18.2. The van der Waals surface area contributed by atoms with E-state index in [9.17, 15) is 0 Å². The number of hydrogen-bond donors (Lipinski definition) is 0. The minimum Gasteiger partial charge on any atom is -0.455 e. The first-order valence-electron chi connectivity index (χ1n) is 22.8. The maximum atomic E-state index is 7.02. The van der Waals surface area contributed by atoms with Crippen molar-refractivity contribution in [1.82, 2.24) is 0 Å². The molecule has 12 aromatic rings. The highest BCUT2D eigenvalue weighted by Gasteiger charge is 2.24. The van der Waals surface area contributed by atoms with Gasteiger partial charge >= 0.3 is 0 Å². The number of hydrogen-bond acceptors (Lipinski definition) is 4. The quantitative estimate of drug-likeness (QED) is 0.160. The molecule has 2 heterocycles. The Labute approximate surface area is 384 Å². The van der Waals surface area contributed by atoms with Crippen molar-refractivity contribution >= 4 is 99.5 Å². The van der Waals surface area contributed by atoms with Crippen molar-refractivity contribution in [2.75, 3.05) is 9.80 Å². The number of anilines is 6. The molecule has 0 aliphatic rings. The molecule has 0 amide bonds. The van der Waals surface area contributed by atoms with Gasteiger partial charge in [0.05, 0.1) is 5.56 Å². The number of aryl methyl sites for hydroxylation is 6. The SMILES string of the molecule is Cc1ccc(N(c2ccc3cc4c(cc3c2)oc2c(-c3ccccc3)c3oc5cc6cc(N(c7ccccc7C)c7ccc(C)cc7C)ccc6cc5c3cc24)c2ccccc2C)c(C)c1. The monoisotopic (exact) mass is 852 g/mol. The molecule has 0 unspecified atom stereocenters. The highest BCUT2D eigenvalue weighted by molar-refractivity contribution is 6.24. The van der Waals surface area contributed by atoms with E-state index in [0.717, 1.165) is 111 Å². The first-order chi connectivity index (χ1) is 32.2. The molecule has 66 heavy (non-hydrogen) atoms. The Morgan fingerprint density at radius 2 is 0.758 bits per heavy atom. The van der Waals surface area contributed by atoms with E-state index in [4.69, 9.17) is 8.83 Å². The van der Waals surface area contributed by atoms with Crippen molar-refractivity contribution in [3.63, 3.8) is 0 Å². The third-order valence-corrected chi connectivity index (χ3v) is 13.6. The van der Waals surface area contributed by atoms with Gasteiger partial charge in [-0.25, -0.2) is 0 Å². The molecule has 2 aromatic heterocycles. The molecule has 4 heteroatoms. The van der Waals surface area contributed by atoms with Gasteiger partial charge < -0.3 is 18.6 Å². The molecule has 0 spiro atoms. The Kier molecular flexibility index (Phi) is 9.15. The Balaban J connectivity index is 1.04. The molecule has 318 valence electrons. The Morgan fingerprint density at radius 3 is 1.21 bits per heavy atom. The smallest absolute Gasteiger partial charge is 0.147 e. The van der Waals surface area contributed by atoms with Crippen LogP contribution in [-0.2, 0) is 0 Å². The normalized spacial score (nSPS) is 11.8. The summed E-state index contributed by atoms with van der Waals surface area (Å²) in [5.41, 5.74) is 19.6. The summed E-state index contributed by atoms with van der Waals surface area (Å²) in [6.45, 7) is 13.1. The summed E-state index contributed by atoms with van der Waals surface area (Å²) < 4.78 is 14.0. The van der Waals surface area contributed by atoms with Crippen LogP contribution in [0.15, 0.2) is 191 Å². The fraction of sp³-hybridized carbons (Fsp3) is 0.0968. The zero-order chi connectivity index (χ0) is 44.8. The highest BCUT2D eigenvalue weighted by atomic mass is 16.3. The number of rotatable bonds is 7. The Morgan fingerprint density at radius 1 is 0.318 bits per heavy atom. The second kappa shape index (κ2) is 15.3. The lowest BCUT2D eigenvalue weighted by Crippen LogP contribution is -2.12. The molecule has 0 aliphatic carbocycles. The summed E-state index contributed by atoms with van der Waals surface area (Å²) in [6, 6.07) is 66.1. The second-order valence-electron chi connectivity index (χ2n) is 18.2. The van der Waals surface area contributed by atoms with Gasteiger partial charge in [-0.05, 0) is 170 Å². The van der Waals surface area contributed by atoms with Crippen LogP contribution in [0.25, 0.3) is 76.5 Å². The van der Waals surface area contributed by atoms with Crippen LogP contribution >= 0.6 is 0 Å².